The van der Waals surface area contributed by atoms with Gasteiger partial charge in [-0.15, -0.1) is 6.42 Å². The van der Waals surface area contributed by atoms with E-state index in [1.807, 2.05) is 13.8 Å². The lowest BCUT2D eigenvalue weighted by Crippen LogP contribution is -2.54. The van der Waals surface area contributed by atoms with E-state index >= 15 is 0 Å². The lowest BCUT2D eigenvalue weighted by molar-refractivity contribution is 0.160. The molecule has 0 aliphatic carbocycles. The number of nitrogens with two attached hydrogens (primary N) is 1. The van der Waals surface area contributed by atoms with E-state index in [1.54, 1.807) is 4.90 Å². The van der Waals surface area contributed by atoms with Gasteiger partial charge in [0.15, 0.2) is 0 Å². The molecule has 1 rings (SSSR count). The van der Waals surface area contributed by atoms with Crippen LogP contribution in [0.5, 0.6) is 0 Å². The van der Waals surface area contributed by atoms with Crippen LogP contribution in [0.15, 0.2) is 4.99 Å². The predicted molar refractivity (Wildman–Crippen MR) is 74.3 cm³/mol. The second-order valence-electron chi connectivity index (χ2n) is 5.08. The van der Waals surface area contributed by atoms with Crippen molar-refractivity contribution in [1.29, 1.82) is 0 Å². The Hall–Kier alpha value is -1.50. The number of carbonyl (C=O) groups is 1. The molecule has 2 atom stereocenters. The standard InChI is InChI=1S/C14H23N3O/c1-5-7-8-9-10-14(4)12(15)16-13(18)17(14)11(3)6-2/h2,11H,5,7-10H2,1,3-4H3,(H2,15,16,18). The molecule has 0 fully saturated rings. The van der Waals surface area contributed by atoms with Crippen LogP contribution in [0.4, 0.5) is 4.79 Å². The molecule has 1 aliphatic heterocycles. The molecule has 0 saturated carbocycles. The van der Waals surface area contributed by atoms with Gasteiger partial charge in [-0.05, 0) is 20.3 Å². The normalized spacial score (nSPS) is 24.9. The van der Waals surface area contributed by atoms with Gasteiger partial charge in [0.05, 0.1) is 6.04 Å². The van der Waals surface area contributed by atoms with Gasteiger partial charge in [-0.2, -0.15) is 4.99 Å². The molecule has 100 valence electrons. The highest BCUT2D eigenvalue weighted by Gasteiger charge is 2.45. The summed E-state index contributed by atoms with van der Waals surface area (Å²) in [5.41, 5.74) is 5.40. The Kier molecular flexibility index (Phi) is 4.77. The third-order valence-electron chi connectivity index (χ3n) is 3.65. The number of rotatable bonds is 6. The van der Waals surface area contributed by atoms with Crippen molar-refractivity contribution in [2.75, 3.05) is 0 Å². The molecule has 2 unspecified atom stereocenters. The number of urea groups is 1. The Morgan fingerprint density at radius 3 is 2.72 bits per heavy atom. The summed E-state index contributed by atoms with van der Waals surface area (Å²) in [6, 6.07) is -0.589. The molecular formula is C14H23N3O. The highest BCUT2D eigenvalue weighted by atomic mass is 16.2. The fourth-order valence-corrected chi connectivity index (χ4v) is 2.42. The first-order valence-corrected chi connectivity index (χ1v) is 6.61. The number of unbranched alkanes of at least 4 members (excludes halogenated alkanes) is 3. The number of nitrogens with zero attached hydrogens (tertiary/aromatic N) is 2. The zero-order valence-corrected chi connectivity index (χ0v) is 11.6. The van der Waals surface area contributed by atoms with Crippen molar-refractivity contribution in [2.24, 2.45) is 10.7 Å². The third-order valence-corrected chi connectivity index (χ3v) is 3.65. The lowest BCUT2D eigenvalue weighted by Gasteiger charge is -2.37. The van der Waals surface area contributed by atoms with Gasteiger partial charge in [-0.1, -0.05) is 38.5 Å². The first kappa shape index (κ1) is 14.6. The van der Waals surface area contributed by atoms with E-state index in [1.165, 1.54) is 12.8 Å². The second-order valence-corrected chi connectivity index (χ2v) is 5.08. The summed E-state index contributed by atoms with van der Waals surface area (Å²) in [7, 11) is 0. The molecule has 0 spiro atoms. The molecule has 0 aromatic heterocycles. The SMILES string of the molecule is C#CC(C)N1C(=O)N=C(N)C1(C)CCCCCC. The predicted octanol–water partition coefficient (Wildman–Crippen LogP) is 2.53. The summed E-state index contributed by atoms with van der Waals surface area (Å²) in [6.45, 7) is 5.95. The number of amides is 2. The Balaban J connectivity index is 2.78. The van der Waals surface area contributed by atoms with Crippen LogP contribution in [-0.2, 0) is 0 Å². The number of aliphatic imine (C=N–C) groups is 1. The van der Waals surface area contributed by atoms with Crippen LogP contribution in [0.25, 0.3) is 0 Å². The number of hydrogen-bond donors (Lipinski definition) is 1. The van der Waals surface area contributed by atoms with Crippen LogP contribution in [0, 0.1) is 12.3 Å². The molecule has 0 bridgehead atoms. The molecule has 18 heavy (non-hydrogen) atoms. The minimum absolute atomic E-state index is 0.279. The van der Waals surface area contributed by atoms with Crippen molar-refractivity contribution in [3.63, 3.8) is 0 Å². The molecule has 2 N–H and O–H groups in total. The largest absolute Gasteiger partial charge is 0.385 e. The smallest absolute Gasteiger partial charge is 0.347 e. The summed E-state index contributed by atoms with van der Waals surface area (Å²) in [5.74, 6) is 2.99. The van der Waals surface area contributed by atoms with Crippen LogP contribution >= 0.6 is 0 Å². The first-order valence-electron chi connectivity index (χ1n) is 6.61. The second kappa shape index (κ2) is 5.90. The van der Waals surface area contributed by atoms with Gasteiger partial charge >= 0.3 is 6.03 Å². The third kappa shape index (κ3) is 2.66. The van der Waals surface area contributed by atoms with E-state index in [-0.39, 0.29) is 12.1 Å². The lowest BCUT2D eigenvalue weighted by atomic mass is 9.91. The van der Waals surface area contributed by atoms with Crippen LogP contribution < -0.4 is 5.73 Å². The average molecular weight is 249 g/mol. The molecule has 4 heteroatoms. The molecule has 0 saturated heterocycles. The quantitative estimate of drug-likeness (QED) is 0.581. The Morgan fingerprint density at radius 2 is 2.17 bits per heavy atom. The summed E-state index contributed by atoms with van der Waals surface area (Å²) in [6.07, 6.45) is 10.8. The van der Waals surface area contributed by atoms with Crippen LogP contribution in [0.1, 0.15) is 52.9 Å². The number of hydrogen-bond acceptors (Lipinski definition) is 2. The zero-order chi connectivity index (χ0) is 13.8. The molecule has 1 aliphatic rings. The minimum Gasteiger partial charge on any atom is -0.385 e. The Morgan fingerprint density at radius 1 is 1.50 bits per heavy atom. The fourth-order valence-electron chi connectivity index (χ4n) is 2.42. The maximum atomic E-state index is 11.9. The minimum atomic E-state index is -0.517. The van der Waals surface area contributed by atoms with E-state index in [0.29, 0.717) is 5.84 Å². The highest BCUT2D eigenvalue weighted by molar-refractivity contribution is 6.05. The maximum Gasteiger partial charge on any atom is 0.347 e. The van der Waals surface area contributed by atoms with Crippen molar-refractivity contribution >= 4 is 11.9 Å². The van der Waals surface area contributed by atoms with Gasteiger partial charge < -0.3 is 5.73 Å². The Labute approximate surface area is 110 Å². The summed E-state index contributed by atoms with van der Waals surface area (Å²) in [5, 5.41) is 0. The van der Waals surface area contributed by atoms with E-state index < -0.39 is 5.54 Å². The van der Waals surface area contributed by atoms with Gasteiger partial charge in [0, 0.05) is 0 Å². The van der Waals surface area contributed by atoms with Gasteiger partial charge in [0.25, 0.3) is 0 Å². The van der Waals surface area contributed by atoms with Crippen LogP contribution in [-0.4, -0.2) is 28.3 Å². The molecule has 0 radical (unpaired) electrons. The summed E-state index contributed by atoms with van der Waals surface area (Å²) >= 11 is 0. The topological polar surface area (TPSA) is 58.7 Å². The number of terminal acetylenes is 1. The molecule has 1 heterocycles. The van der Waals surface area contributed by atoms with Gasteiger partial charge in [-0.25, -0.2) is 4.79 Å². The van der Waals surface area contributed by atoms with E-state index in [9.17, 15) is 4.79 Å². The molecule has 0 aromatic rings. The first-order chi connectivity index (χ1) is 8.47. The molecular weight excluding hydrogens is 226 g/mol. The van der Waals surface area contributed by atoms with E-state index in [4.69, 9.17) is 12.2 Å². The average Bonchev–Trinajstić information content (AvgIpc) is 2.55. The fraction of sp³-hybridized carbons (Fsp3) is 0.714. The van der Waals surface area contributed by atoms with Gasteiger partial charge in [-0.3, -0.25) is 4.90 Å². The highest BCUT2D eigenvalue weighted by Crippen LogP contribution is 2.30. The number of carbonyl (C=O) groups excluding carboxylic acids is 1. The van der Waals surface area contributed by atoms with Crippen molar-refractivity contribution in [3.05, 3.63) is 0 Å². The van der Waals surface area contributed by atoms with Gasteiger partial charge in [0.1, 0.15) is 11.4 Å². The monoisotopic (exact) mass is 249 g/mol. The van der Waals surface area contributed by atoms with Crippen molar-refractivity contribution in [2.45, 2.75) is 64.5 Å². The van der Waals surface area contributed by atoms with Crippen LogP contribution in [0.3, 0.4) is 0 Å². The molecule has 4 nitrogen and oxygen atoms in total. The van der Waals surface area contributed by atoms with Crippen molar-refractivity contribution < 1.29 is 4.79 Å². The Bertz CT molecular complexity index is 383. The van der Waals surface area contributed by atoms with Crippen LogP contribution in [0.2, 0.25) is 0 Å². The maximum absolute atomic E-state index is 11.9. The number of amidine groups is 1. The van der Waals surface area contributed by atoms with E-state index in [0.717, 1.165) is 19.3 Å². The van der Waals surface area contributed by atoms with Crippen molar-refractivity contribution in [1.82, 2.24) is 4.90 Å². The summed E-state index contributed by atoms with van der Waals surface area (Å²) < 4.78 is 0. The van der Waals surface area contributed by atoms with Crippen molar-refractivity contribution in [3.8, 4) is 12.3 Å². The van der Waals surface area contributed by atoms with E-state index in [2.05, 4.69) is 17.8 Å². The zero-order valence-electron chi connectivity index (χ0n) is 11.6. The summed E-state index contributed by atoms with van der Waals surface area (Å²) in [4.78, 5) is 17.4. The molecule has 2 amide bonds. The molecule has 0 aromatic carbocycles. The van der Waals surface area contributed by atoms with Gasteiger partial charge in [0.2, 0.25) is 0 Å².